The van der Waals surface area contributed by atoms with E-state index in [4.69, 9.17) is 19.7 Å². The SMILES string of the molecule is CCCC1COCC(C)N1c1nccc(N2CCc3cc(-c4c(C)nc(C)c(CC(=O)O)c4N4CCC(C)(C)CC4)ccc3C2)n1. The lowest BCUT2D eigenvalue weighted by Gasteiger charge is -2.41. The van der Waals surface area contributed by atoms with Gasteiger partial charge in [0.05, 0.1) is 37.4 Å². The molecule has 0 radical (unpaired) electrons. The second-order valence-corrected chi connectivity index (χ2v) is 14.3. The highest BCUT2D eigenvalue weighted by molar-refractivity contribution is 5.86. The van der Waals surface area contributed by atoms with E-state index in [0.29, 0.717) is 18.1 Å². The first-order chi connectivity index (χ1) is 22.0. The monoisotopic (exact) mass is 626 g/mol. The minimum absolute atomic E-state index is 0.0232. The van der Waals surface area contributed by atoms with Crippen LogP contribution in [0.3, 0.4) is 0 Å². The van der Waals surface area contributed by atoms with Gasteiger partial charge in [-0.05, 0) is 74.6 Å². The maximum Gasteiger partial charge on any atom is 0.307 e. The van der Waals surface area contributed by atoms with Crippen LogP contribution in [0, 0.1) is 19.3 Å². The van der Waals surface area contributed by atoms with Gasteiger partial charge in [0, 0.05) is 54.9 Å². The van der Waals surface area contributed by atoms with Gasteiger partial charge in [0.25, 0.3) is 0 Å². The zero-order chi connectivity index (χ0) is 32.6. The third-order valence-electron chi connectivity index (χ3n) is 10.3. The lowest BCUT2D eigenvalue weighted by atomic mass is 9.82. The molecule has 2 fully saturated rings. The molecule has 9 nitrogen and oxygen atoms in total. The Kier molecular flexibility index (Phi) is 9.24. The van der Waals surface area contributed by atoms with Crippen molar-refractivity contribution < 1.29 is 14.6 Å². The number of fused-ring (bicyclic) bond motifs is 1. The quantitative estimate of drug-likeness (QED) is 0.306. The number of piperidine rings is 1. The predicted octanol–water partition coefficient (Wildman–Crippen LogP) is 6.37. The van der Waals surface area contributed by atoms with Crippen LogP contribution in [0.4, 0.5) is 17.5 Å². The molecule has 0 aliphatic carbocycles. The number of hydrogen-bond donors (Lipinski definition) is 1. The van der Waals surface area contributed by atoms with Crippen LogP contribution in [0.1, 0.15) is 81.5 Å². The van der Waals surface area contributed by atoms with Crippen LogP contribution in [0.15, 0.2) is 30.5 Å². The Labute approximate surface area is 274 Å². The van der Waals surface area contributed by atoms with E-state index in [1.807, 2.05) is 19.2 Å². The van der Waals surface area contributed by atoms with Crippen molar-refractivity contribution in [2.24, 2.45) is 5.41 Å². The van der Waals surface area contributed by atoms with Gasteiger partial charge in [0.15, 0.2) is 0 Å². The summed E-state index contributed by atoms with van der Waals surface area (Å²) < 4.78 is 5.87. The summed E-state index contributed by atoms with van der Waals surface area (Å²) in [5, 5.41) is 9.88. The summed E-state index contributed by atoms with van der Waals surface area (Å²) in [4.78, 5) is 33.9. The van der Waals surface area contributed by atoms with Crippen molar-refractivity contribution in [1.29, 1.82) is 0 Å². The van der Waals surface area contributed by atoms with Crippen molar-refractivity contribution in [2.75, 3.05) is 47.5 Å². The molecule has 2 saturated heterocycles. The number of aliphatic carboxylic acids is 1. The second-order valence-electron chi connectivity index (χ2n) is 14.3. The summed E-state index contributed by atoms with van der Waals surface area (Å²) in [6, 6.07) is 9.34. The number of anilines is 3. The largest absolute Gasteiger partial charge is 0.481 e. The van der Waals surface area contributed by atoms with E-state index in [1.54, 1.807) is 0 Å². The first kappa shape index (κ1) is 32.2. The van der Waals surface area contributed by atoms with Gasteiger partial charge in [-0.3, -0.25) is 9.78 Å². The van der Waals surface area contributed by atoms with Crippen molar-refractivity contribution in [1.82, 2.24) is 15.0 Å². The van der Waals surface area contributed by atoms with Crippen LogP contribution < -0.4 is 14.7 Å². The van der Waals surface area contributed by atoms with Crippen molar-refractivity contribution in [3.63, 3.8) is 0 Å². The van der Waals surface area contributed by atoms with Crippen LogP contribution in [0.2, 0.25) is 0 Å². The van der Waals surface area contributed by atoms with E-state index in [-0.39, 0.29) is 12.5 Å². The van der Waals surface area contributed by atoms with Gasteiger partial charge in [-0.25, -0.2) is 4.98 Å². The molecule has 9 heteroatoms. The van der Waals surface area contributed by atoms with Crippen LogP contribution in [-0.2, 0) is 28.9 Å². The third-order valence-corrected chi connectivity index (χ3v) is 10.3. The molecule has 0 saturated carbocycles. The Hall–Kier alpha value is -3.72. The highest BCUT2D eigenvalue weighted by Crippen LogP contribution is 2.42. The number of nitrogens with zero attached hydrogens (tertiary/aromatic N) is 6. The molecule has 3 aliphatic rings. The van der Waals surface area contributed by atoms with Gasteiger partial charge in [-0.1, -0.05) is 45.4 Å². The number of carbonyl (C=O) groups is 1. The molecular formula is C37H50N6O3. The molecule has 3 aromatic rings. The zero-order valence-corrected chi connectivity index (χ0v) is 28.5. The zero-order valence-electron chi connectivity index (χ0n) is 28.5. The Balaban J connectivity index is 1.30. The highest BCUT2D eigenvalue weighted by atomic mass is 16.5. The number of pyridine rings is 1. The smallest absolute Gasteiger partial charge is 0.307 e. The van der Waals surface area contributed by atoms with Crippen molar-refractivity contribution >= 4 is 23.4 Å². The molecule has 0 spiro atoms. The van der Waals surface area contributed by atoms with E-state index in [1.165, 1.54) is 11.1 Å². The summed E-state index contributed by atoms with van der Waals surface area (Å²) in [6.45, 7) is 18.0. The number of aryl methyl sites for hydroxylation is 2. The molecule has 2 atom stereocenters. The fourth-order valence-corrected chi connectivity index (χ4v) is 7.62. The van der Waals surface area contributed by atoms with Gasteiger partial charge >= 0.3 is 5.97 Å². The van der Waals surface area contributed by atoms with Crippen molar-refractivity contribution in [3.8, 4) is 11.1 Å². The summed E-state index contributed by atoms with van der Waals surface area (Å²) in [7, 11) is 0. The number of aromatic nitrogens is 3. The maximum atomic E-state index is 12.0. The minimum atomic E-state index is -0.819. The Bertz CT molecular complexity index is 1580. The van der Waals surface area contributed by atoms with Gasteiger partial charge in [0.1, 0.15) is 5.82 Å². The Morgan fingerprint density at radius 1 is 1.02 bits per heavy atom. The van der Waals surface area contributed by atoms with Crippen LogP contribution >= 0.6 is 0 Å². The third kappa shape index (κ3) is 6.57. The van der Waals surface area contributed by atoms with Crippen LogP contribution in [0.25, 0.3) is 11.1 Å². The molecule has 6 rings (SSSR count). The molecule has 1 aromatic carbocycles. The second kappa shape index (κ2) is 13.2. The van der Waals surface area contributed by atoms with Crippen molar-refractivity contribution in [2.45, 2.75) is 98.7 Å². The van der Waals surface area contributed by atoms with Crippen LogP contribution in [0.5, 0.6) is 0 Å². The molecule has 1 N–H and O–H groups in total. The normalized spacial score (nSPS) is 21.3. The number of ether oxygens (including phenoxy) is 1. The topological polar surface area (TPSA) is 94.9 Å². The molecule has 2 unspecified atom stereocenters. The highest BCUT2D eigenvalue weighted by Gasteiger charge is 2.32. The number of hydrogen-bond acceptors (Lipinski definition) is 8. The molecule has 5 heterocycles. The van der Waals surface area contributed by atoms with E-state index >= 15 is 0 Å². The summed E-state index contributed by atoms with van der Waals surface area (Å²) in [6.07, 6.45) is 7.09. The average molecular weight is 627 g/mol. The van der Waals surface area contributed by atoms with Gasteiger partial charge < -0.3 is 24.5 Å². The van der Waals surface area contributed by atoms with Gasteiger partial charge in [-0.15, -0.1) is 0 Å². The van der Waals surface area contributed by atoms with Crippen molar-refractivity contribution in [3.05, 3.63) is 58.5 Å². The first-order valence-corrected chi connectivity index (χ1v) is 17.1. The number of benzene rings is 1. The summed E-state index contributed by atoms with van der Waals surface area (Å²) in [5.41, 5.74) is 8.79. The molecule has 246 valence electrons. The maximum absolute atomic E-state index is 12.0. The van der Waals surface area contributed by atoms with Crippen LogP contribution in [-0.4, -0.2) is 71.0 Å². The lowest BCUT2D eigenvalue weighted by molar-refractivity contribution is -0.136. The Morgan fingerprint density at radius 3 is 2.54 bits per heavy atom. The fourth-order valence-electron chi connectivity index (χ4n) is 7.62. The van der Waals surface area contributed by atoms with Gasteiger partial charge in [-0.2, -0.15) is 4.98 Å². The molecule has 3 aliphatic heterocycles. The lowest BCUT2D eigenvalue weighted by Crippen LogP contribution is -2.52. The van der Waals surface area contributed by atoms with E-state index in [0.717, 1.165) is 110 Å². The molecule has 0 amide bonds. The van der Waals surface area contributed by atoms with E-state index in [9.17, 15) is 9.90 Å². The number of carboxylic acid groups (broad SMARTS) is 1. The number of carboxylic acids is 1. The molecule has 2 aromatic heterocycles. The molecular weight excluding hydrogens is 576 g/mol. The molecule has 0 bridgehead atoms. The van der Waals surface area contributed by atoms with Gasteiger partial charge in [0.2, 0.25) is 5.95 Å². The standard InChI is InChI=1S/C37H50N6O3/c1-7-8-30-23-46-22-24(2)43(30)36-38-15-11-32(40-36)42-16-12-27-19-28(9-10-29(27)21-42)34-26(4)39-25(3)31(20-33(44)45)35(34)41-17-13-37(5,6)14-18-41/h9-11,15,19,24,30H,7-8,12-14,16-18,20-23H2,1-6H3,(H,44,45). The predicted molar refractivity (Wildman–Crippen MR) is 184 cm³/mol. The average Bonchev–Trinajstić information content (AvgIpc) is 3.02. The summed E-state index contributed by atoms with van der Waals surface area (Å²) in [5.74, 6) is 0.933. The Morgan fingerprint density at radius 2 is 1.80 bits per heavy atom. The summed E-state index contributed by atoms with van der Waals surface area (Å²) >= 11 is 0. The molecule has 46 heavy (non-hydrogen) atoms. The number of morpholine rings is 1. The first-order valence-electron chi connectivity index (χ1n) is 17.1. The minimum Gasteiger partial charge on any atom is -0.481 e. The number of rotatable bonds is 8. The van der Waals surface area contributed by atoms with E-state index in [2.05, 4.69) is 67.5 Å². The van der Waals surface area contributed by atoms with E-state index < -0.39 is 5.97 Å². The fraction of sp³-hybridized carbons (Fsp3) is 0.568.